The van der Waals surface area contributed by atoms with Crippen LogP contribution in [0, 0.1) is 0 Å². The molecule has 1 aliphatic heterocycles. The standard InChI is InChI=1S/C15H18N2O3S/c18-21(19,15-6-11-20-12-15)17-9-1-2-13(5-10-17)14-3-7-16-8-4-14/h3-4,6-8,11-13H,1-2,5,9-10H2. The molecule has 1 atom stereocenters. The van der Waals surface area contributed by atoms with Gasteiger partial charge in [-0.1, -0.05) is 0 Å². The summed E-state index contributed by atoms with van der Waals surface area (Å²) in [5, 5.41) is 0. The average molecular weight is 306 g/mol. The third-order valence-corrected chi connectivity index (χ3v) is 5.87. The zero-order chi connectivity index (χ0) is 14.7. The number of hydrogen-bond donors (Lipinski definition) is 0. The number of rotatable bonds is 3. The molecule has 3 rings (SSSR count). The van der Waals surface area contributed by atoms with Crippen LogP contribution in [0.15, 0.2) is 52.4 Å². The van der Waals surface area contributed by atoms with Crippen molar-refractivity contribution in [1.29, 1.82) is 0 Å². The highest BCUT2D eigenvalue weighted by atomic mass is 32.2. The van der Waals surface area contributed by atoms with Crippen molar-refractivity contribution in [2.45, 2.75) is 30.1 Å². The lowest BCUT2D eigenvalue weighted by Gasteiger charge is -2.19. The monoisotopic (exact) mass is 306 g/mol. The summed E-state index contributed by atoms with van der Waals surface area (Å²) in [5.41, 5.74) is 1.24. The molecule has 5 nitrogen and oxygen atoms in total. The summed E-state index contributed by atoms with van der Waals surface area (Å²) in [5.74, 6) is 0.401. The van der Waals surface area contributed by atoms with E-state index in [1.165, 1.54) is 24.2 Å². The first-order valence-electron chi connectivity index (χ1n) is 7.10. The van der Waals surface area contributed by atoms with Gasteiger partial charge in [0.1, 0.15) is 11.2 Å². The van der Waals surface area contributed by atoms with Gasteiger partial charge in [-0.2, -0.15) is 4.31 Å². The molecule has 0 aliphatic carbocycles. The SMILES string of the molecule is O=S(=O)(c1ccoc1)N1CCCC(c2ccncc2)CC1. The van der Waals surface area contributed by atoms with E-state index in [4.69, 9.17) is 4.42 Å². The summed E-state index contributed by atoms with van der Waals surface area (Å²) >= 11 is 0. The zero-order valence-corrected chi connectivity index (χ0v) is 12.5. The molecule has 0 saturated carbocycles. The van der Waals surface area contributed by atoms with Crippen LogP contribution in [0.4, 0.5) is 0 Å². The fourth-order valence-corrected chi connectivity index (χ4v) is 4.25. The number of nitrogens with zero attached hydrogens (tertiary/aromatic N) is 2. The van der Waals surface area contributed by atoms with Gasteiger partial charge in [0, 0.05) is 25.5 Å². The van der Waals surface area contributed by atoms with Crippen LogP contribution >= 0.6 is 0 Å². The molecule has 2 aromatic heterocycles. The molecular weight excluding hydrogens is 288 g/mol. The van der Waals surface area contributed by atoms with E-state index >= 15 is 0 Å². The number of furan rings is 1. The van der Waals surface area contributed by atoms with E-state index in [-0.39, 0.29) is 4.90 Å². The molecule has 0 bridgehead atoms. The van der Waals surface area contributed by atoms with Gasteiger partial charge in [0.15, 0.2) is 0 Å². The van der Waals surface area contributed by atoms with Gasteiger partial charge < -0.3 is 4.42 Å². The third kappa shape index (κ3) is 3.01. The zero-order valence-electron chi connectivity index (χ0n) is 11.7. The predicted octanol–water partition coefficient (Wildman–Crippen LogP) is 2.63. The first-order valence-corrected chi connectivity index (χ1v) is 8.54. The van der Waals surface area contributed by atoms with Gasteiger partial charge in [-0.15, -0.1) is 0 Å². The fourth-order valence-electron chi connectivity index (χ4n) is 2.83. The normalized spacial score (nSPS) is 21.0. The summed E-state index contributed by atoms with van der Waals surface area (Å²) in [6.07, 6.45) is 8.97. The Morgan fingerprint density at radius 3 is 2.67 bits per heavy atom. The summed E-state index contributed by atoms with van der Waals surface area (Å²) in [6, 6.07) is 5.54. The van der Waals surface area contributed by atoms with Crippen LogP contribution in [0.2, 0.25) is 0 Å². The van der Waals surface area contributed by atoms with Crippen molar-refractivity contribution in [2.75, 3.05) is 13.1 Å². The Morgan fingerprint density at radius 1 is 1.14 bits per heavy atom. The second-order valence-corrected chi connectivity index (χ2v) is 7.21. The Hall–Kier alpha value is -1.66. The van der Waals surface area contributed by atoms with Crippen molar-refractivity contribution in [3.05, 3.63) is 48.7 Å². The van der Waals surface area contributed by atoms with E-state index in [2.05, 4.69) is 4.98 Å². The molecule has 1 aliphatic rings. The molecule has 1 fully saturated rings. The van der Waals surface area contributed by atoms with Gasteiger partial charge >= 0.3 is 0 Å². The van der Waals surface area contributed by atoms with Crippen LogP contribution in [-0.4, -0.2) is 30.8 Å². The van der Waals surface area contributed by atoms with Gasteiger partial charge in [-0.25, -0.2) is 8.42 Å². The van der Waals surface area contributed by atoms with Crippen LogP contribution in [0.25, 0.3) is 0 Å². The maximum atomic E-state index is 12.5. The molecular formula is C15H18N2O3S. The first-order chi connectivity index (χ1) is 10.2. The molecule has 6 heteroatoms. The summed E-state index contributed by atoms with van der Waals surface area (Å²) in [4.78, 5) is 4.28. The van der Waals surface area contributed by atoms with Crippen molar-refractivity contribution >= 4 is 10.0 Å². The lowest BCUT2D eigenvalue weighted by molar-refractivity contribution is 0.420. The minimum atomic E-state index is -3.42. The second kappa shape index (κ2) is 5.99. The maximum Gasteiger partial charge on any atom is 0.246 e. The van der Waals surface area contributed by atoms with E-state index in [0.29, 0.717) is 19.0 Å². The van der Waals surface area contributed by atoms with Gasteiger partial charge in [0.05, 0.1) is 6.26 Å². The van der Waals surface area contributed by atoms with Crippen LogP contribution in [0.3, 0.4) is 0 Å². The van der Waals surface area contributed by atoms with Crippen molar-refractivity contribution in [3.63, 3.8) is 0 Å². The van der Waals surface area contributed by atoms with Crippen LogP contribution < -0.4 is 0 Å². The Morgan fingerprint density at radius 2 is 1.95 bits per heavy atom. The summed E-state index contributed by atoms with van der Waals surface area (Å²) < 4.78 is 31.5. The van der Waals surface area contributed by atoms with Crippen molar-refractivity contribution < 1.29 is 12.8 Å². The van der Waals surface area contributed by atoms with Gasteiger partial charge in [0.2, 0.25) is 10.0 Å². The highest BCUT2D eigenvalue weighted by Crippen LogP contribution is 2.29. The molecule has 112 valence electrons. The van der Waals surface area contributed by atoms with E-state index in [9.17, 15) is 8.42 Å². The number of hydrogen-bond acceptors (Lipinski definition) is 4. The smallest absolute Gasteiger partial charge is 0.246 e. The fraction of sp³-hybridized carbons (Fsp3) is 0.400. The molecule has 2 aromatic rings. The van der Waals surface area contributed by atoms with Crippen molar-refractivity contribution in [3.8, 4) is 0 Å². The summed E-state index contributed by atoms with van der Waals surface area (Å²) in [6.45, 7) is 1.11. The van der Waals surface area contributed by atoms with E-state index in [1.54, 1.807) is 16.7 Å². The Balaban J connectivity index is 1.75. The average Bonchev–Trinajstić information content (AvgIpc) is 2.93. The highest BCUT2D eigenvalue weighted by molar-refractivity contribution is 7.89. The molecule has 21 heavy (non-hydrogen) atoms. The third-order valence-electron chi connectivity index (χ3n) is 4.00. The molecule has 0 radical (unpaired) electrons. The van der Waals surface area contributed by atoms with Crippen LogP contribution in [0.1, 0.15) is 30.7 Å². The number of aromatic nitrogens is 1. The quantitative estimate of drug-likeness (QED) is 0.874. The first kappa shape index (κ1) is 14.3. The molecule has 0 amide bonds. The number of sulfonamides is 1. The molecule has 3 heterocycles. The largest absolute Gasteiger partial charge is 0.471 e. The van der Waals surface area contributed by atoms with E-state index in [1.807, 2.05) is 12.1 Å². The summed E-state index contributed by atoms with van der Waals surface area (Å²) in [7, 11) is -3.42. The van der Waals surface area contributed by atoms with Gasteiger partial charge in [0.25, 0.3) is 0 Å². The highest BCUT2D eigenvalue weighted by Gasteiger charge is 2.28. The van der Waals surface area contributed by atoms with Gasteiger partial charge in [-0.05, 0) is 48.9 Å². The van der Waals surface area contributed by atoms with Crippen LogP contribution in [0.5, 0.6) is 0 Å². The molecule has 0 N–H and O–H groups in total. The Labute approximate surface area is 124 Å². The van der Waals surface area contributed by atoms with E-state index < -0.39 is 10.0 Å². The number of pyridine rings is 1. The molecule has 1 saturated heterocycles. The molecule has 0 aromatic carbocycles. The Kier molecular flexibility index (Phi) is 4.07. The van der Waals surface area contributed by atoms with Crippen molar-refractivity contribution in [1.82, 2.24) is 9.29 Å². The van der Waals surface area contributed by atoms with E-state index in [0.717, 1.165) is 19.3 Å². The molecule has 1 unspecified atom stereocenters. The lowest BCUT2D eigenvalue weighted by Crippen LogP contribution is -2.31. The molecule has 0 spiro atoms. The lowest BCUT2D eigenvalue weighted by atomic mass is 9.93. The maximum absolute atomic E-state index is 12.5. The minimum Gasteiger partial charge on any atom is -0.471 e. The Bertz CT molecular complexity index is 668. The topological polar surface area (TPSA) is 63.4 Å². The van der Waals surface area contributed by atoms with Crippen molar-refractivity contribution in [2.24, 2.45) is 0 Å². The predicted molar refractivity (Wildman–Crippen MR) is 78.3 cm³/mol. The minimum absolute atomic E-state index is 0.241. The second-order valence-electron chi connectivity index (χ2n) is 5.27. The van der Waals surface area contributed by atoms with Crippen LogP contribution in [-0.2, 0) is 10.0 Å². The van der Waals surface area contributed by atoms with Gasteiger partial charge in [-0.3, -0.25) is 4.98 Å².